The van der Waals surface area contributed by atoms with E-state index in [1.54, 1.807) is 42.5 Å². The normalized spacial score (nSPS) is 12.6. The van der Waals surface area contributed by atoms with E-state index >= 15 is 0 Å². The summed E-state index contributed by atoms with van der Waals surface area (Å²) in [4.78, 5) is 25.5. The Morgan fingerprint density at radius 1 is 0.880 bits per heavy atom. The molecule has 7 heteroatoms. The zero-order chi connectivity index (χ0) is 17.6. The Bertz CT molecular complexity index is 1000. The largest absolute Gasteiger partial charge is 0.497 e. The van der Waals surface area contributed by atoms with E-state index in [0.29, 0.717) is 28.3 Å². The fourth-order valence-corrected chi connectivity index (χ4v) is 2.87. The van der Waals surface area contributed by atoms with Gasteiger partial charge in [-0.05, 0) is 0 Å². The lowest BCUT2D eigenvalue weighted by Gasteiger charge is -2.15. The highest BCUT2D eigenvalue weighted by Crippen LogP contribution is 2.30. The van der Waals surface area contributed by atoms with Crippen LogP contribution in [0.25, 0.3) is 5.69 Å². The third kappa shape index (κ3) is 2.20. The minimum atomic E-state index is -0.314. The smallest absolute Gasteiger partial charge is 0.216 e. The van der Waals surface area contributed by atoms with Crippen molar-refractivity contribution >= 4 is 11.6 Å². The highest BCUT2D eigenvalue weighted by atomic mass is 16.5. The molecular weight excluding hydrogens is 322 g/mol. The van der Waals surface area contributed by atoms with Crippen LogP contribution in [0.1, 0.15) is 32.1 Å². The van der Waals surface area contributed by atoms with Gasteiger partial charge in [0.15, 0.2) is 5.69 Å². The molecule has 0 N–H and O–H groups in total. The van der Waals surface area contributed by atoms with Crippen molar-refractivity contribution in [2.75, 3.05) is 14.2 Å². The van der Waals surface area contributed by atoms with Crippen molar-refractivity contribution in [3.63, 3.8) is 0 Å². The van der Waals surface area contributed by atoms with E-state index < -0.39 is 0 Å². The zero-order valence-corrected chi connectivity index (χ0v) is 13.5. The van der Waals surface area contributed by atoms with Crippen LogP contribution in [0.2, 0.25) is 0 Å². The summed E-state index contributed by atoms with van der Waals surface area (Å²) in [7, 11) is 3.06. The third-order valence-electron chi connectivity index (χ3n) is 4.10. The van der Waals surface area contributed by atoms with Gasteiger partial charge in [-0.2, -0.15) is 0 Å². The summed E-state index contributed by atoms with van der Waals surface area (Å²) >= 11 is 0. The molecule has 0 radical (unpaired) electrons. The third-order valence-corrected chi connectivity index (χ3v) is 4.10. The molecule has 0 unspecified atom stereocenters. The summed E-state index contributed by atoms with van der Waals surface area (Å²) in [6, 6.07) is 11.8. The van der Waals surface area contributed by atoms with Gasteiger partial charge in [-0.3, -0.25) is 9.59 Å². The molecule has 1 aromatic heterocycles. The summed E-state index contributed by atoms with van der Waals surface area (Å²) in [6.07, 6.45) is 0. The molecule has 7 nitrogen and oxygen atoms in total. The molecule has 4 rings (SSSR count). The van der Waals surface area contributed by atoms with Gasteiger partial charge in [0.1, 0.15) is 17.2 Å². The second-order valence-corrected chi connectivity index (χ2v) is 5.47. The van der Waals surface area contributed by atoms with Crippen LogP contribution in [0.15, 0.2) is 42.5 Å². The first kappa shape index (κ1) is 15.1. The van der Waals surface area contributed by atoms with Crippen LogP contribution in [-0.2, 0) is 0 Å². The van der Waals surface area contributed by atoms with Crippen molar-refractivity contribution in [3.8, 4) is 17.2 Å². The Kier molecular flexibility index (Phi) is 3.35. The van der Waals surface area contributed by atoms with E-state index in [2.05, 4.69) is 10.3 Å². The van der Waals surface area contributed by atoms with Crippen LogP contribution < -0.4 is 9.47 Å². The van der Waals surface area contributed by atoms with Crippen molar-refractivity contribution in [2.24, 2.45) is 0 Å². The van der Waals surface area contributed by atoms with Gasteiger partial charge < -0.3 is 9.47 Å². The molecule has 0 saturated heterocycles. The van der Waals surface area contributed by atoms with Gasteiger partial charge in [0.2, 0.25) is 11.6 Å². The summed E-state index contributed by atoms with van der Waals surface area (Å²) in [5.74, 6) is 0.463. The lowest BCUT2D eigenvalue weighted by atomic mass is 9.90. The van der Waals surface area contributed by atoms with Crippen LogP contribution in [0.5, 0.6) is 11.5 Å². The average molecular weight is 335 g/mol. The number of ether oxygens (including phenoxy) is 2. The van der Waals surface area contributed by atoms with E-state index in [4.69, 9.17) is 9.47 Å². The molecule has 0 spiro atoms. The van der Waals surface area contributed by atoms with Crippen molar-refractivity contribution in [1.82, 2.24) is 15.0 Å². The van der Waals surface area contributed by atoms with Crippen LogP contribution in [0.3, 0.4) is 0 Å². The Morgan fingerprint density at radius 3 is 2.08 bits per heavy atom. The quantitative estimate of drug-likeness (QED) is 0.570. The molecule has 0 amide bonds. The van der Waals surface area contributed by atoms with E-state index in [-0.39, 0.29) is 23.0 Å². The maximum absolute atomic E-state index is 12.9. The Hall–Kier alpha value is -3.48. The van der Waals surface area contributed by atoms with Crippen molar-refractivity contribution in [2.45, 2.75) is 0 Å². The number of hydrogen-bond acceptors (Lipinski definition) is 6. The summed E-state index contributed by atoms with van der Waals surface area (Å²) in [5, 5.41) is 7.95. The first-order valence-electron chi connectivity index (χ1n) is 7.51. The molecule has 124 valence electrons. The lowest BCUT2D eigenvalue weighted by molar-refractivity contribution is 0.0972. The van der Waals surface area contributed by atoms with Gasteiger partial charge in [-0.15, -0.1) is 5.10 Å². The van der Waals surface area contributed by atoms with Crippen LogP contribution in [0, 0.1) is 0 Å². The van der Waals surface area contributed by atoms with Crippen molar-refractivity contribution < 1.29 is 19.1 Å². The predicted octanol–water partition coefficient (Wildman–Crippen LogP) is 2.06. The number of carbonyl (C=O) groups is 2. The predicted molar refractivity (Wildman–Crippen MR) is 87.8 cm³/mol. The summed E-state index contributed by atoms with van der Waals surface area (Å²) < 4.78 is 11.8. The fraction of sp³-hybridized carbons (Fsp3) is 0.111. The average Bonchev–Trinajstić information content (AvgIpc) is 3.11. The van der Waals surface area contributed by atoms with E-state index in [1.165, 1.54) is 18.9 Å². The number of methoxy groups -OCH3 is 2. The number of benzene rings is 2. The molecule has 2 aromatic carbocycles. The van der Waals surface area contributed by atoms with E-state index in [0.717, 1.165) is 0 Å². The number of fused-ring (bicyclic) bond motifs is 2. The Morgan fingerprint density at radius 2 is 1.48 bits per heavy atom. The molecule has 3 aromatic rings. The molecule has 1 heterocycles. The number of hydrogen-bond donors (Lipinski definition) is 0. The van der Waals surface area contributed by atoms with Gasteiger partial charge in [0, 0.05) is 29.3 Å². The lowest BCUT2D eigenvalue weighted by Crippen LogP contribution is -2.23. The van der Waals surface area contributed by atoms with Gasteiger partial charge in [-0.1, -0.05) is 29.5 Å². The molecule has 1 aliphatic rings. The highest BCUT2D eigenvalue weighted by molar-refractivity contribution is 6.27. The molecular formula is C18H13N3O4. The fourth-order valence-electron chi connectivity index (χ4n) is 2.87. The standard InChI is InChI=1S/C18H13N3O4/c1-24-11-7-10(8-12(9-11)25-2)21-16-15(19-20-21)17(22)13-5-3-4-6-14(13)18(16)23/h3-9H,1-2H3. The minimum absolute atomic E-state index is 0.0467. The maximum atomic E-state index is 12.9. The number of ketones is 2. The number of aromatic nitrogens is 3. The van der Waals surface area contributed by atoms with Crippen LogP contribution in [-0.4, -0.2) is 40.8 Å². The SMILES string of the molecule is COc1cc(OC)cc(-n2nnc3c2C(=O)c2ccccc2C3=O)c1. The van der Waals surface area contributed by atoms with Crippen molar-refractivity contribution in [1.29, 1.82) is 0 Å². The van der Waals surface area contributed by atoms with Crippen LogP contribution in [0.4, 0.5) is 0 Å². The number of rotatable bonds is 3. The van der Waals surface area contributed by atoms with E-state index in [9.17, 15) is 9.59 Å². The Labute approximate surface area is 142 Å². The molecule has 0 fully saturated rings. The molecule has 1 aliphatic carbocycles. The second-order valence-electron chi connectivity index (χ2n) is 5.47. The van der Waals surface area contributed by atoms with Crippen molar-refractivity contribution in [3.05, 3.63) is 65.0 Å². The maximum Gasteiger partial charge on any atom is 0.216 e. The van der Waals surface area contributed by atoms with Gasteiger partial charge >= 0.3 is 0 Å². The first-order chi connectivity index (χ1) is 12.1. The van der Waals surface area contributed by atoms with Gasteiger partial charge in [0.25, 0.3) is 0 Å². The molecule has 0 saturated carbocycles. The number of carbonyl (C=O) groups excluding carboxylic acids is 2. The molecule has 0 atom stereocenters. The summed E-state index contributed by atoms with van der Waals surface area (Å²) in [6.45, 7) is 0. The zero-order valence-electron chi connectivity index (χ0n) is 13.5. The van der Waals surface area contributed by atoms with Gasteiger partial charge in [0.05, 0.1) is 19.9 Å². The highest BCUT2D eigenvalue weighted by Gasteiger charge is 2.35. The Balaban J connectivity index is 1.93. The number of nitrogens with zero attached hydrogens (tertiary/aromatic N) is 3. The topological polar surface area (TPSA) is 83.3 Å². The summed E-state index contributed by atoms with van der Waals surface area (Å²) in [5.41, 5.74) is 1.39. The van der Waals surface area contributed by atoms with Gasteiger partial charge in [-0.25, -0.2) is 4.68 Å². The second kappa shape index (κ2) is 5.55. The van der Waals surface area contributed by atoms with Crippen LogP contribution >= 0.6 is 0 Å². The minimum Gasteiger partial charge on any atom is -0.497 e. The molecule has 0 aliphatic heterocycles. The first-order valence-corrected chi connectivity index (χ1v) is 7.51. The van der Waals surface area contributed by atoms with E-state index in [1.807, 2.05) is 0 Å². The monoisotopic (exact) mass is 335 g/mol. The molecule has 25 heavy (non-hydrogen) atoms. The molecule has 0 bridgehead atoms.